The van der Waals surface area contributed by atoms with Gasteiger partial charge in [0.15, 0.2) is 0 Å². The molecule has 5 rings (SSSR count). The van der Waals surface area contributed by atoms with E-state index in [4.69, 9.17) is 4.74 Å². The normalized spacial score (nSPS) is 14.2. The summed E-state index contributed by atoms with van der Waals surface area (Å²) >= 11 is 0. The minimum Gasteiger partial charge on any atom is -0.486 e. The summed E-state index contributed by atoms with van der Waals surface area (Å²) in [7, 11) is 0. The van der Waals surface area contributed by atoms with Crippen molar-refractivity contribution >= 4 is 17.2 Å². The molecule has 2 aromatic heterocycles. The Morgan fingerprint density at radius 2 is 1.86 bits per heavy atom. The lowest BCUT2D eigenvalue weighted by atomic mass is 10.1. The standard InChI is InChI=1S/C27H27N5O4/c1-20-6-5-11-31-18-22(28-26(20)31)19-36-25-10-3-2-9-24(25)27(33)30-14-12-29(13-15-30)17-21-7-4-8-23(16-21)32(34)35/h2-11,16,18H,12-15,17,19H2,1H3. The van der Waals surface area contributed by atoms with Gasteiger partial charge in [0, 0.05) is 57.3 Å². The predicted molar refractivity (Wildman–Crippen MR) is 135 cm³/mol. The van der Waals surface area contributed by atoms with E-state index in [1.54, 1.807) is 18.2 Å². The largest absolute Gasteiger partial charge is 0.486 e. The van der Waals surface area contributed by atoms with Crippen LogP contribution in [0.15, 0.2) is 73.1 Å². The number of rotatable bonds is 7. The van der Waals surface area contributed by atoms with Crippen molar-refractivity contribution in [3.05, 3.63) is 106 Å². The van der Waals surface area contributed by atoms with Gasteiger partial charge in [-0.1, -0.05) is 30.3 Å². The maximum Gasteiger partial charge on any atom is 0.269 e. The van der Waals surface area contributed by atoms with Gasteiger partial charge in [-0.05, 0) is 36.2 Å². The van der Waals surface area contributed by atoms with Gasteiger partial charge in [0.2, 0.25) is 0 Å². The van der Waals surface area contributed by atoms with Gasteiger partial charge < -0.3 is 14.0 Å². The molecule has 0 N–H and O–H groups in total. The van der Waals surface area contributed by atoms with Crippen molar-refractivity contribution in [3.8, 4) is 5.75 Å². The molecule has 9 nitrogen and oxygen atoms in total. The monoisotopic (exact) mass is 485 g/mol. The topological polar surface area (TPSA) is 93.2 Å². The molecule has 2 aromatic carbocycles. The molecule has 0 bridgehead atoms. The van der Waals surface area contributed by atoms with E-state index >= 15 is 0 Å². The summed E-state index contributed by atoms with van der Waals surface area (Å²) in [6.45, 7) is 5.44. The van der Waals surface area contributed by atoms with E-state index in [-0.39, 0.29) is 23.1 Å². The van der Waals surface area contributed by atoms with Gasteiger partial charge >= 0.3 is 0 Å². The van der Waals surface area contributed by atoms with E-state index in [0.29, 0.717) is 44.0 Å². The second kappa shape index (κ2) is 10.2. The number of nitro benzene ring substituents is 1. The number of ether oxygens (including phenoxy) is 1. The molecule has 0 saturated carbocycles. The second-order valence-corrected chi connectivity index (χ2v) is 8.93. The number of piperazine rings is 1. The summed E-state index contributed by atoms with van der Waals surface area (Å²) in [5.74, 6) is 0.474. The zero-order valence-corrected chi connectivity index (χ0v) is 20.0. The van der Waals surface area contributed by atoms with Crippen LogP contribution in [0, 0.1) is 17.0 Å². The maximum atomic E-state index is 13.3. The second-order valence-electron chi connectivity index (χ2n) is 8.93. The Morgan fingerprint density at radius 1 is 1.06 bits per heavy atom. The highest BCUT2D eigenvalue weighted by atomic mass is 16.6. The van der Waals surface area contributed by atoms with Crippen molar-refractivity contribution in [1.82, 2.24) is 19.2 Å². The minimum absolute atomic E-state index is 0.0635. The summed E-state index contributed by atoms with van der Waals surface area (Å²) in [6, 6.07) is 18.0. The molecule has 9 heteroatoms. The van der Waals surface area contributed by atoms with Crippen molar-refractivity contribution in [1.29, 1.82) is 0 Å². The molecule has 36 heavy (non-hydrogen) atoms. The van der Waals surface area contributed by atoms with Gasteiger partial charge in [0.25, 0.3) is 11.6 Å². The minimum atomic E-state index is -0.379. The van der Waals surface area contributed by atoms with Crippen molar-refractivity contribution in [2.75, 3.05) is 26.2 Å². The van der Waals surface area contributed by atoms with Crippen LogP contribution in [0.25, 0.3) is 5.65 Å². The average molecular weight is 486 g/mol. The number of benzene rings is 2. The zero-order chi connectivity index (χ0) is 25.1. The first-order valence-corrected chi connectivity index (χ1v) is 11.9. The van der Waals surface area contributed by atoms with E-state index in [2.05, 4.69) is 9.88 Å². The van der Waals surface area contributed by atoms with Crippen LogP contribution in [0.4, 0.5) is 5.69 Å². The van der Waals surface area contributed by atoms with Crippen LogP contribution in [0.3, 0.4) is 0 Å². The fourth-order valence-corrected chi connectivity index (χ4v) is 4.50. The third kappa shape index (κ3) is 5.06. The van der Waals surface area contributed by atoms with Crippen LogP contribution in [0.5, 0.6) is 5.75 Å². The van der Waals surface area contributed by atoms with Gasteiger partial charge in [0.05, 0.1) is 16.2 Å². The van der Waals surface area contributed by atoms with Crippen LogP contribution >= 0.6 is 0 Å². The van der Waals surface area contributed by atoms with Crippen LogP contribution in [-0.2, 0) is 13.2 Å². The molecule has 0 atom stereocenters. The van der Waals surface area contributed by atoms with Crippen LogP contribution in [-0.4, -0.2) is 56.2 Å². The Bertz CT molecular complexity index is 1410. The summed E-state index contributed by atoms with van der Waals surface area (Å²) < 4.78 is 8.02. The lowest BCUT2D eigenvalue weighted by Crippen LogP contribution is -2.48. The third-order valence-electron chi connectivity index (χ3n) is 6.41. The highest BCUT2D eigenvalue weighted by Crippen LogP contribution is 2.23. The van der Waals surface area contributed by atoms with Crippen molar-refractivity contribution in [2.24, 2.45) is 0 Å². The first-order chi connectivity index (χ1) is 17.5. The first-order valence-electron chi connectivity index (χ1n) is 11.9. The summed E-state index contributed by atoms with van der Waals surface area (Å²) in [6.07, 6.45) is 3.89. The summed E-state index contributed by atoms with van der Waals surface area (Å²) in [5, 5.41) is 11.0. The Morgan fingerprint density at radius 3 is 2.64 bits per heavy atom. The zero-order valence-electron chi connectivity index (χ0n) is 20.0. The molecule has 0 spiro atoms. The number of aryl methyl sites for hydroxylation is 1. The van der Waals surface area contributed by atoms with Crippen LogP contribution in [0.1, 0.15) is 27.2 Å². The van der Waals surface area contributed by atoms with E-state index in [1.807, 2.05) is 65.0 Å². The Labute approximate surface area is 208 Å². The molecule has 1 aliphatic rings. The Hall–Kier alpha value is -4.24. The Balaban J connectivity index is 1.21. The van der Waals surface area contributed by atoms with Gasteiger partial charge in [-0.3, -0.25) is 19.8 Å². The lowest BCUT2D eigenvalue weighted by molar-refractivity contribution is -0.384. The van der Waals surface area contributed by atoms with Crippen molar-refractivity contribution in [3.63, 3.8) is 0 Å². The van der Waals surface area contributed by atoms with E-state index < -0.39 is 0 Å². The summed E-state index contributed by atoms with van der Waals surface area (Å²) in [5.41, 5.74) is 4.29. The number of hydrogen-bond acceptors (Lipinski definition) is 6. The molecule has 0 unspecified atom stereocenters. The molecule has 0 radical (unpaired) electrons. The Kier molecular flexibility index (Phi) is 6.64. The molecule has 3 heterocycles. The van der Waals surface area contributed by atoms with Gasteiger partial charge in [-0.2, -0.15) is 0 Å². The fourth-order valence-electron chi connectivity index (χ4n) is 4.50. The smallest absolute Gasteiger partial charge is 0.269 e. The predicted octanol–water partition coefficient (Wildman–Crippen LogP) is 4.09. The highest BCUT2D eigenvalue weighted by Gasteiger charge is 2.24. The number of pyridine rings is 1. The van der Waals surface area contributed by atoms with Crippen molar-refractivity contribution in [2.45, 2.75) is 20.1 Å². The maximum absolute atomic E-state index is 13.3. The number of hydrogen-bond donors (Lipinski definition) is 0. The number of carbonyl (C=O) groups is 1. The molecule has 0 aliphatic carbocycles. The molecule has 1 saturated heterocycles. The van der Waals surface area contributed by atoms with Crippen LogP contribution < -0.4 is 4.74 Å². The van der Waals surface area contributed by atoms with Gasteiger partial charge in [-0.15, -0.1) is 0 Å². The number of nitro groups is 1. The van der Waals surface area contributed by atoms with Gasteiger partial charge in [-0.25, -0.2) is 4.98 Å². The van der Waals surface area contributed by atoms with E-state index in [9.17, 15) is 14.9 Å². The number of carbonyl (C=O) groups excluding carboxylic acids is 1. The number of fused-ring (bicyclic) bond motifs is 1. The van der Waals surface area contributed by atoms with Crippen LogP contribution in [0.2, 0.25) is 0 Å². The van der Waals surface area contributed by atoms with Gasteiger partial charge in [0.1, 0.15) is 18.0 Å². The molecule has 4 aromatic rings. The SMILES string of the molecule is Cc1cccn2cc(COc3ccccc3C(=O)N3CCN(Cc4cccc([N+](=O)[O-])c4)CC3)nc12. The lowest BCUT2D eigenvalue weighted by Gasteiger charge is -2.35. The number of para-hydroxylation sites is 1. The summed E-state index contributed by atoms with van der Waals surface area (Å²) in [4.78, 5) is 32.7. The molecule has 1 fully saturated rings. The van der Waals surface area contributed by atoms with E-state index in [0.717, 1.165) is 22.5 Å². The number of nitrogens with zero attached hydrogens (tertiary/aromatic N) is 5. The first kappa shape index (κ1) is 23.5. The number of imidazole rings is 1. The third-order valence-corrected chi connectivity index (χ3v) is 6.41. The number of amides is 1. The molecule has 184 valence electrons. The average Bonchev–Trinajstić information content (AvgIpc) is 3.32. The van der Waals surface area contributed by atoms with Crippen molar-refractivity contribution < 1.29 is 14.5 Å². The highest BCUT2D eigenvalue weighted by molar-refractivity contribution is 5.97. The molecule has 1 amide bonds. The molecule has 1 aliphatic heterocycles. The molecular weight excluding hydrogens is 458 g/mol. The van der Waals surface area contributed by atoms with E-state index in [1.165, 1.54) is 6.07 Å². The molecular formula is C27H27N5O4. The fraction of sp³-hybridized carbons (Fsp3) is 0.259. The number of non-ortho nitro benzene ring substituents is 1. The quantitative estimate of drug-likeness (QED) is 0.289. The number of aromatic nitrogens is 2.